The Morgan fingerprint density at radius 1 is 1.03 bits per heavy atom. The normalized spacial score (nSPS) is 11.3. The zero-order valence-corrected chi connectivity index (χ0v) is 19.0. The molecular weight excluding hydrogens is 491 g/mol. The monoisotopic (exact) mass is 505 g/mol. The maximum Gasteiger partial charge on any atom is 0.249 e. The Bertz CT molecular complexity index is 1510. The number of amides is 1. The lowest BCUT2D eigenvalue weighted by atomic mass is 10.0. The zero-order valence-electron chi connectivity index (χ0n) is 16.7. The van der Waals surface area contributed by atoms with Crippen LogP contribution in [-0.4, -0.2) is 10.5 Å². The van der Waals surface area contributed by atoms with Gasteiger partial charge in [-0.1, -0.05) is 51.8 Å². The summed E-state index contributed by atoms with van der Waals surface area (Å²) in [6.45, 7) is 0.291. The van der Waals surface area contributed by atoms with Crippen LogP contribution >= 0.6 is 27.5 Å². The van der Waals surface area contributed by atoms with Crippen LogP contribution in [-0.2, 0) is 6.54 Å². The van der Waals surface area contributed by atoms with Crippen molar-refractivity contribution < 1.29 is 9.18 Å². The molecule has 1 amide bonds. The molecule has 1 radical (unpaired) electrons. The SMILES string of the molecule is NC(=O)c1cccc2c1c1[c]cc(-c3ccc(Cl)cc3)cc1n2Cc1ccc(Br)cc1F. The van der Waals surface area contributed by atoms with Gasteiger partial charge in [0.15, 0.2) is 0 Å². The molecule has 0 saturated heterocycles. The van der Waals surface area contributed by atoms with Crippen LogP contribution in [0.2, 0.25) is 5.02 Å². The number of rotatable bonds is 4. The Labute approximate surface area is 197 Å². The van der Waals surface area contributed by atoms with E-state index in [1.165, 1.54) is 6.07 Å². The third-order valence-corrected chi connectivity index (χ3v) is 6.33. The first-order valence-electron chi connectivity index (χ1n) is 9.88. The molecule has 4 aromatic carbocycles. The predicted molar refractivity (Wildman–Crippen MR) is 130 cm³/mol. The van der Waals surface area contributed by atoms with Gasteiger partial charge in [0, 0.05) is 31.4 Å². The van der Waals surface area contributed by atoms with E-state index in [2.05, 4.69) is 22.0 Å². The van der Waals surface area contributed by atoms with Gasteiger partial charge in [-0.05, 0) is 65.7 Å². The van der Waals surface area contributed by atoms with E-state index in [1.807, 2.05) is 53.1 Å². The molecule has 5 rings (SSSR count). The molecule has 32 heavy (non-hydrogen) atoms. The summed E-state index contributed by atoms with van der Waals surface area (Å²) in [5.41, 5.74) is 10.2. The van der Waals surface area contributed by atoms with E-state index < -0.39 is 5.91 Å². The van der Waals surface area contributed by atoms with Crippen molar-refractivity contribution in [3.05, 3.63) is 105 Å². The van der Waals surface area contributed by atoms with Gasteiger partial charge in [-0.3, -0.25) is 4.79 Å². The third-order valence-electron chi connectivity index (χ3n) is 5.58. The molecule has 157 valence electrons. The number of nitrogens with zero attached hydrogens (tertiary/aromatic N) is 1. The molecule has 0 bridgehead atoms. The number of carbonyl (C=O) groups is 1. The Hall–Kier alpha value is -3.15. The number of fused-ring (bicyclic) bond motifs is 3. The van der Waals surface area contributed by atoms with Crippen LogP contribution in [0.25, 0.3) is 32.9 Å². The number of benzene rings is 4. The quantitative estimate of drug-likeness (QED) is 0.281. The first kappa shape index (κ1) is 20.7. The molecule has 2 N–H and O–H groups in total. The van der Waals surface area contributed by atoms with Gasteiger partial charge in [0.2, 0.25) is 5.91 Å². The number of nitrogens with two attached hydrogens (primary N) is 1. The van der Waals surface area contributed by atoms with Crippen LogP contribution in [0.15, 0.2) is 77.3 Å². The van der Waals surface area contributed by atoms with Crippen molar-refractivity contribution in [2.45, 2.75) is 6.54 Å². The summed E-state index contributed by atoms with van der Waals surface area (Å²) in [5.74, 6) is -0.821. The smallest absolute Gasteiger partial charge is 0.249 e. The van der Waals surface area contributed by atoms with Crippen LogP contribution < -0.4 is 5.73 Å². The van der Waals surface area contributed by atoms with E-state index in [4.69, 9.17) is 17.3 Å². The van der Waals surface area contributed by atoms with Gasteiger partial charge in [0.25, 0.3) is 0 Å². The largest absolute Gasteiger partial charge is 0.366 e. The van der Waals surface area contributed by atoms with Gasteiger partial charge in [-0.2, -0.15) is 0 Å². The zero-order chi connectivity index (χ0) is 22.4. The lowest BCUT2D eigenvalue weighted by molar-refractivity contribution is 0.100. The molecule has 0 fully saturated rings. The lowest BCUT2D eigenvalue weighted by Crippen LogP contribution is -2.11. The van der Waals surface area contributed by atoms with E-state index in [9.17, 15) is 9.18 Å². The van der Waals surface area contributed by atoms with Crippen LogP contribution in [0, 0.1) is 11.9 Å². The Morgan fingerprint density at radius 3 is 2.53 bits per heavy atom. The number of carbonyl (C=O) groups excluding carboxylic acids is 1. The first-order valence-corrected chi connectivity index (χ1v) is 11.1. The highest BCUT2D eigenvalue weighted by atomic mass is 79.9. The second-order valence-electron chi connectivity index (χ2n) is 7.54. The average molecular weight is 507 g/mol. The predicted octanol–water partition coefficient (Wildman–Crippen LogP) is 6.96. The fraction of sp³-hybridized carbons (Fsp3) is 0.0385. The van der Waals surface area contributed by atoms with Crippen LogP contribution in [0.3, 0.4) is 0 Å². The van der Waals surface area contributed by atoms with Gasteiger partial charge in [0.1, 0.15) is 5.82 Å². The highest BCUT2D eigenvalue weighted by molar-refractivity contribution is 9.10. The second kappa shape index (κ2) is 8.08. The second-order valence-corrected chi connectivity index (χ2v) is 8.89. The van der Waals surface area contributed by atoms with E-state index in [1.54, 1.807) is 18.2 Å². The highest BCUT2D eigenvalue weighted by Gasteiger charge is 2.18. The topological polar surface area (TPSA) is 48.0 Å². The van der Waals surface area contributed by atoms with Gasteiger partial charge in [0.05, 0.1) is 17.6 Å². The number of hydrogen-bond acceptors (Lipinski definition) is 1. The van der Waals surface area contributed by atoms with Gasteiger partial charge >= 0.3 is 0 Å². The molecule has 0 atom stereocenters. The summed E-state index contributed by atoms with van der Waals surface area (Å²) in [5, 5.41) is 2.14. The molecule has 3 nitrogen and oxygen atoms in total. The molecule has 0 aliphatic rings. The Balaban J connectivity index is 1.80. The first-order chi connectivity index (χ1) is 15.4. The fourth-order valence-electron chi connectivity index (χ4n) is 4.06. The van der Waals surface area contributed by atoms with Crippen molar-refractivity contribution in [3.8, 4) is 11.1 Å². The third kappa shape index (κ3) is 3.57. The summed E-state index contributed by atoms with van der Waals surface area (Å²) in [6.07, 6.45) is 0. The van der Waals surface area contributed by atoms with Crippen LogP contribution in [0.4, 0.5) is 4.39 Å². The molecule has 1 aromatic heterocycles. The summed E-state index contributed by atoms with van der Waals surface area (Å²) in [4.78, 5) is 12.2. The summed E-state index contributed by atoms with van der Waals surface area (Å²) in [7, 11) is 0. The van der Waals surface area contributed by atoms with E-state index in [0.29, 0.717) is 27.2 Å². The van der Waals surface area contributed by atoms with E-state index >= 15 is 0 Å². The molecule has 0 saturated carbocycles. The van der Waals surface area contributed by atoms with Crippen molar-refractivity contribution in [2.75, 3.05) is 0 Å². The Kier molecular flexibility index (Phi) is 5.24. The van der Waals surface area contributed by atoms with Gasteiger partial charge in [-0.25, -0.2) is 4.39 Å². The van der Waals surface area contributed by atoms with Crippen molar-refractivity contribution in [1.82, 2.24) is 4.57 Å². The number of aromatic nitrogens is 1. The van der Waals surface area contributed by atoms with Crippen LogP contribution in [0.5, 0.6) is 0 Å². The van der Waals surface area contributed by atoms with E-state index in [0.717, 1.165) is 32.9 Å². The minimum absolute atomic E-state index is 0.291. The molecule has 0 aliphatic carbocycles. The van der Waals surface area contributed by atoms with Gasteiger partial charge < -0.3 is 10.3 Å². The molecule has 0 unspecified atom stereocenters. The molecule has 6 heteroatoms. The molecule has 0 aliphatic heterocycles. The summed E-state index contributed by atoms with van der Waals surface area (Å²) in [6, 6.07) is 25.2. The highest BCUT2D eigenvalue weighted by Crippen LogP contribution is 2.35. The number of primary amides is 1. The van der Waals surface area contributed by atoms with Crippen molar-refractivity contribution in [3.63, 3.8) is 0 Å². The van der Waals surface area contributed by atoms with Crippen molar-refractivity contribution in [2.24, 2.45) is 5.73 Å². The lowest BCUT2D eigenvalue weighted by Gasteiger charge is -2.10. The van der Waals surface area contributed by atoms with E-state index in [-0.39, 0.29) is 5.82 Å². The maximum absolute atomic E-state index is 14.7. The molecular formula is C26H16BrClFN2O. The minimum Gasteiger partial charge on any atom is -0.366 e. The fourth-order valence-corrected chi connectivity index (χ4v) is 4.52. The number of halogens is 3. The summed E-state index contributed by atoms with van der Waals surface area (Å²) >= 11 is 9.35. The van der Waals surface area contributed by atoms with Crippen molar-refractivity contribution >= 4 is 55.2 Å². The van der Waals surface area contributed by atoms with Crippen molar-refractivity contribution in [1.29, 1.82) is 0 Å². The molecule has 1 heterocycles. The molecule has 0 spiro atoms. The molecule has 5 aromatic rings. The summed E-state index contributed by atoms with van der Waals surface area (Å²) < 4.78 is 17.4. The maximum atomic E-state index is 14.7. The van der Waals surface area contributed by atoms with Crippen LogP contribution in [0.1, 0.15) is 15.9 Å². The standard InChI is InChI=1S/C26H16BrClFN2O/c27-18-8-4-17(22(29)13-18)14-31-23-3-1-2-21(26(30)32)25(23)20-11-7-16(12-24(20)31)15-5-9-19(28)10-6-15/h1-10,12-13H,14H2,(H2,30,32). The minimum atomic E-state index is -0.514. The average Bonchev–Trinajstić information content (AvgIpc) is 3.09. The van der Waals surface area contributed by atoms with Gasteiger partial charge in [-0.15, -0.1) is 0 Å². The Morgan fingerprint density at radius 2 is 1.81 bits per heavy atom. The number of hydrogen-bond donors (Lipinski definition) is 1.